The molecule has 3 N–H and O–H groups in total. The molecular formula is C55H75N5O9. The summed E-state index contributed by atoms with van der Waals surface area (Å²) in [4.78, 5) is 76.7. The van der Waals surface area contributed by atoms with Crippen LogP contribution in [0.2, 0.25) is 0 Å². The van der Waals surface area contributed by atoms with Crippen LogP contribution in [0.15, 0.2) is 91.0 Å². The summed E-state index contributed by atoms with van der Waals surface area (Å²) < 4.78 is 18.4. The maximum atomic E-state index is 14.8. The van der Waals surface area contributed by atoms with Crippen LogP contribution >= 0.6 is 0 Å². The average molecular weight is 950 g/mol. The summed E-state index contributed by atoms with van der Waals surface area (Å²) in [6, 6.07) is 21.1. The van der Waals surface area contributed by atoms with Crippen molar-refractivity contribution >= 4 is 29.7 Å². The standard InChI is InChI=1S/C55H75N5O9/c1-13-33(7)48(44(67-11)30-45(61)60-42-28-37(42)29-43(60)50(68-12)34(8)52(63)56-35(9)49(62)36-22-16-15-17-23-36)58(10)54(65)46(31(3)4)57-53(64)47(32(5)6)59(14-2)55(66)69-51-40-26-20-18-24-38(40)39-25-19-21-27-41(39)51/h15-27,32-35,37,42-44,46-51,62H,3,13-14,28-30H2,1-2,4-12H3,(H,56,63)(H,57,64)/t33-,34+,35+,37-,42-,43-,44+,46-,47-,48-,49+,50+/m0/s1. The summed E-state index contributed by atoms with van der Waals surface area (Å²) in [5.41, 5.74) is 4.81. The number of nitrogens with zero attached hydrogens (tertiary/aromatic N) is 3. The molecule has 1 saturated carbocycles. The number of ether oxygens (including phenoxy) is 3. The van der Waals surface area contributed by atoms with Gasteiger partial charge in [-0.2, -0.15) is 0 Å². The molecule has 3 aromatic rings. The van der Waals surface area contributed by atoms with Crippen LogP contribution in [0, 0.1) is 23.7 Å². The van der Waals surface area contributed by atoms with Crippen molar-refractivity contribution < 1.29 is 43.3 Å². The molecule has 0 radical (unpaired) electrons. The summed E-state index contributed by atoms with van der Waals surface area (Å²) in [6.07, 6.45) is -1.39. The monoisotopic (exact) mass is 950 g/mol. The van der Waals surface area contributed by atoms with Gasteiger partial charge in [-0.3, -0.25) is 24.1 Å². The zero-order valence-electron chi connectivity index (χ0n) is 42.4. The molecule has 3 aliphatic rings. The Kier molecular flexibility index (Phi) is 17.5. The van der Waals surface area contributed by atoms with E-state index in [0.717, 1.165) is 28.7 Å². The Morgan fingerprint density at radius 2 is 1.42 bits per heavy atom. The lowest BCUT2D eigenvalue weighted by molar-refractivity contribution is -0.148. The zero-order chi connectivity index (χ0) is 50.4. The molecule has 374 valence electrons. The third-order valence-electron chi connectivity index (χ3n) is 14.9. The molecule has 12 atom stereocenters. The molecule has 14 heteroatoms. The van der Waals surface area contributed by atoms with Crippen molar-refractivity contribution in [3.63, 3.8) is 0 Å². The van der Waals surface area contributed by atoms with E-state index in [1.54, 1.807) is 46.8 Å². The van der Waals surface area contributed by atoms with Crippen molar-refractivity contribution in [3.05, 3.63) is 108 Å². The highest BCUT2D eigenvalue weighted by Gasteiger charge is 2.57. The molecule has 69 heavy (non-hydrogen) atoms. The van der Waals surface area contributed by atoms with Crippen LogP contribution < -0.4 is 10.6 Å². The van der Waals surface area contributed by atoms with E-state index in [2.05, 4.69) is 17.2 Å². The minimum absolute atomic E-state index is 0.00909. The molecule has 5 amide bonds. The SMILES string of the molecule is C=C(C)[C@H](NC(=O)[C@H](C(C)C)N(CC)C(=O)OC1c2ccccc2-c2ccccc21)C(=O)N(C)[C@@H]([C@@H](C)CC)[C@@H](CC(=O)N1[C@H]2C[C@H]2C[C@H]1[C@H](OC)[C@@H](C)C(=O)N[C@H](C)[C@@H](O)c1ccccc1)OC. The summed E-state index contributed by atoms with van der Waals surface area (Å²) in [7, 11) is 4.76. The van der Waals surface area contributed by atoms with E-state index in [9.17, 15) is 29.1 Å². The van der Waals surface area contributed by atoms with Gasteiger partial charge in [-0.1, -0.05) is 126 Å². The van der Waals surface area contributed by atoms with Crippen LogP contribution in [0.1, 0.15) is 110 Å². The lowest BCUT2D eigenvalue weighted by Crippen LogP contribution is -2.60. The predicted molar refractivity (Wildman–Crippen MR) is 265 cm³/mol. The van der Waals surface area contributed by atoms with Gasteiger partial charge in [-0.25, -0.2) is 4.79 Å². The summed E-state index contributed by atoms with van der Waals surface area (Å²) in [6.45, 7) is 19.0. The smallest absolute Gasteiger partial charge is 0.411 e. The van der Waals surface area contributed by atoms with Gasteiger partial charge in [-0.15, -0.1) is 0 Å². The molecule has 3 aromatic carbocycles. The predicted octanol–water partition coefficient (Wildman–Crippen LogP) is 7.46. The number of carbonyl (C=O) groups is 5. The first-order valence-corrected chi connectivity index (χ1v) is 24.7. The fraction of sp³-hybridized carbons (Fsp3) is 0.545. The number of methoxy groups -OCH3 is 2. The first-order chi connectivity index (χ1) is 32.9. The van der Waals surface area contributed by atoms with Gasteiger partial charge in [-0.05, 0) is 73.6 Å². The highest BCUT2D eigenvalue weighted by Crippen LogP contribution is 2.50. The number of fused-ring (bicyclic) bond motifs is 4. The normalized spacial score (nSPS) is 20.9. The van der Waals surface area contributed by atoms with Crippen LogP contribution in [0.4, 0.5) is 4.79 Å². The van der Waals surface area contributed by atoms with Crippen molar-refractivity contribution in [2.75, 3.05) is 27.8 Å². The number of aliphatic hydroxyl groups excluding tert-OH is 1. The van der Waals surface area contributed by atoms with E-state index >= 15 is 0 Å². The summed E-state index contributed by atoms with van der Waals surface area (Å²) in [5.74, 6) is -2.25. The van der Waals surface area contributed by atoms with E-state index in [0.29, 0.717) is 24.0 Å². The van der Waals surface area contributed by atoms with Gasteiger partial charge >= 0.3 is 6.09 Å². The first kappa shape index (κ1) is 52.8. The molecule has 14 nitrogen and oxygen atoms in total. The molecule has 1 aliphatic heterocycles. The lowest BCUT2D eigenvalue weighted by atomic mass is 9.89. The van der Waals surface area contributed by atoms with Gasteiger partial charge in [0.1, 0.15) is 12.1 Å². The number of likely N-dealkylation sites (N-methyl/N-ethyl adjacent to an activating group) is 2. The largest absolute Gasteiger partial charge is 0.436 e. The van der Waals surface area contributed by atoms with E-state index < -0.39 is 72.4 Å². The van der Waals surface area contributed by atoms with Gasteiger partial charge in [0.25, 0.3) is 0 Å². The van der Waals surface area contributed by atoms with Crippen molar-refractivity contribution in [1.29, 1.82) is 0 Å². The van der Waals surface area contributed by atoms with E-state index in [1.165, 1.54) is 12.0 Å². The van der Waals surface area contributed by atoms with E-state index in [4.69, 9.17) is 14.2 Å². The third kappa shape index (κ3) is 11.2. The fourth-order valence-corrected chi connectivity index (χ4v) is 10.9. The second-order valence-corrected chi connectivity index (χ2v) is 19.8. The van der Waals surface area contributed by atoms with Gasteiger partial charge < -0.3 is 39.8 Å². The Morgan fingerprint density at radius 3 is 1.96 bits per heavy atom. The second kappa shape index (κ2) is 22.9. The highest BCUT2D eigenvalue weighted by molar-refractivity contribution is 5.93. The molecule has 1 heterocycles. The Balaban J connectivity index is 1.15. The molecule has 0 bridgehead atoms. The number of nitrogens with one attached hydrogen (secondary N) is 2. The van der Waals surface area contributed by atoms with Crippen LogP contribution in [0.3, 0.4) is 0 Å². The number of aliphatic hydroxyl groups is 1. The van der Waals surface area contributed by atoms with Crippen LogP contribution in [-0.4, -0.2) is 126 Å². The maximum Gasteiger partial charge on any atom is 0.411 e. The van der Waals surface area contributed by atoms with Crippen LogP contribution in [-0.2, 0) is 33.4 Å². The third-order valence-corrected chi connectivity index (χ3v) is 14.9. The maximum absolute atomic E-state index is 14.8. The Labute approximate surface area is 409 Å². The zero-order valence-corrected chi connectivity index (χ0v) is 42.4. The van der Waals surface area contributed by atoms with Gasteiger partial charge in [0.2, 0.25) is 23.6 Å². The van der Waals surface area contributed by atoms with E-state index in [-0.39, 0.29) is 54.6 Å². The molecule has 2 fully saturated rings. The van der Waals surface area contributed by atoms with E-state index in [1.807, 2.05) is 111 Å². The lowest BCUT2D eigenvalue weighted by Gasteiger charge is -2.41. The van der Waals surface area contributed by atoms with Crippen molar-refractivity contribution in [2.24, 2.45) is 23.7 Å². The van der Waals surface area contributed by atoms with Gasteiger partial charge in [0, 0.05) is 45.0 Å². The van der Waals surface area contributed by atoms with Crippen molar-refractivity contribution in [2.45, 2.75) is 142 Å². The number of amides is 5. The molecule has 0 aromatic heterocycles. The Morgan fingerprint density at radius 1 is 0.826 bits per heavy atom. The van der Waals surface area contributed by atoms with Crippen molar-refractivity contribution in [3.8, 4) is 11.1 Å². The quantitative estimate of drug-likeness (QED) is 0.0867. The summed E-state index contributed by atoms with van der Waals surface area (Å²) >= 11 is 0. The number of hydrogen-bond acceptors (Lipinski definition) is 9. The molecule has 0 spiro atoms. The molecule has 6 rings (SSSR count). The fourth-order valence-electron chi connectivity index (χ4n) is 10.9. The van der Waals surface area contributed by atoms with Gasteiger partial charge in [0.05, 0.1) is 48.8 Å². The average Bonchev–Trinajstić information content (AvgIpc) is 3.90. The first-order valence-electron chi connectivity index (χ1n) is 24.7. The number of piperidine rings is 1. The number of hydrogen-bond donors (Lipinski definition) is 3. The molecule has 1 saturated heterocycles. The number of likely N-dealkylation sites (tertiary alicyclic amines) is 1. The minimum atomic E-state index is -1.16. The number of carbonyl (C=O) groups excluding carboxylic acids is 5. The summed E-state index contributed by atoms with van der Waals surface area (Å²) in [5, 5.41) is 16.9. The molecule has 0 unspecified atom stereocenters. The minimum Gasteiger partial charge on any atom is -0.436 e. The Hall–Kier alpha value is -5.57. The van der Waals surface area contributed by atoms with Crippen molar-refractivity contribution in [1.82, 2.24) is 25.3 Å². The van der Waals surface area contributed by atoms with Gasteiger partial charge in [0.15, 0.2) is 6.10 Å². The van der Waals surface area contributed by atoms with Crippen LogP contribution in [0.5, 0.6) is 0 Å². The number of benzene rings is 3. The molecular weight excluding hydrogens is 875 g/mol. The second-order valence-electron chi connectivity index (χ2n) is 19.8. The number of rotatable bonds is 22. The Bertz CT molecular complexity index is 2260. The highest BCUT2D eigenvalue weighted by atomic mass is 16.6. The molecule has 2 aliphatic carbocycles. The van der Waals surface area contributed by atoms with Crippen LogP contribution in [0.25, 0.3) is 11.1 Å². The topological polar surface area (TPSA) is 167 Å².